The number of benzene rings is 1. The van der Waals surface area contributed by atoms with Gasteiger partial charge in [0.1, 0.15) is 6.04 Å². The van der Waals surface area contributed by atoms with Crippen LogP contribution in [0.5, 0.6) is 0 Å². The highest BCUT2D eigenvalue weighted by atomic mass is 32.2. The zero-order valence-corrected chi connectivity index (χ0v) is 13.3. The Labute approximate surface area is 133 Å². The molecule has 8 heteroatoms. The van der Waals surface area contributed by atoms with Crippen LogP contribution < -0.4 is 0 Å². The molecule has 0 radical (unpaired) electrons. The molecule has 0 aliphatic carbocycles. The summed E-state index contributed by atoms with van der Waals surface area (Å²) in [6.07, 6.45) is 0. The second-order valence-corrected chi connectivity index (χ2v) is 7.71. The van der Waals surface area contributed by atoms with Crippen molar-refractivity contribution in [2.24, 2.45) is 0 Å². The van der Waals surface area contributed by atoms with Crippen molar-refractivity contribution in [1.29, 1.82) is 0 Å². The monoisotopic (exact) mass is 340 g/mol. The number of carbonyl (C=O) groups excluding carboxylic acids is 1. The van der Waals surface area contributed by atoms with Gasteiger partial charge in [0.2, 0.25) is 5.91 Å². The van der Waals surface area contributed by atoms with Crippen LogP contribution in [0.25, 0.3) is 10.2 Å². The van der Waals surface area contributed by atoms with Crippen molar-refractivity contribution in [3.8, 4) is 0 Å². The lowest BCUT2D eigenvalue weighted by molar-refractivity contribution is -0.146. The highest BCUT2D eigenvalue weighted by molar-refractivity contribution is 8.01. The van der Waals surface area contributed by atoms with E-state index in [-0.39, 0.29) is 11.7 Å². The molecule has 0 bridgehead atoms. The Morgan fingerprint density at radius 1 is 1.43 bits per heavy atom. The number of para-hydroxylation sites is 1. The average molecular weight is 340 g/mol. The summed E-state index contributed by atoms with van der Waals surface area (Å²) in [5.41, 5.74) is 0.928. The van der Waals surface area contributed by atoms with Gasteiger partial charge in [0.05, 0.1) is 21.8 Å². The molecule has 1 N–H and O–H groups in total. The zero-order valence-electron chi connectivity index (χ0n) is 10.9. The number of hydrogen-bond donors (Lipinski definition) is 1. The molecule has 1 aliphatic rings. The highest BCUT2D eigenvalue weighted by Gasteiger charge is 2.34. The van der Waals surface area contributed by atoms with E-state index in [0.29, 0.717) is 11.6 Å². The Kier molecular flexibility index (Phi) is 4.37. The minimum Gasteiger partial charge on any atom is -0.480 e. The first-order chi connectivity index (χ1) is 10.1. The third-order valence-electron chi connectivity index (χ3n) is 3.08. The predicted molar refractivity (Wildman–Crippen MR) is 85.9 cm³/mol. The van der Waals surface area contributed by atoms with E-state index >= 15 is 0 Å². The summed E-state index contributed by atoms with van der Waals surface area (Å²) in [5.74, 6) is 0.0720. The van der Waals surface area contributed by atoms with Gasteiger partial charge in [-0.05, 0) is 12.1 Å². The van der Waals surface area contributed by atoms with Crippen molar-refractivity contribution in [2.75, 3.05) is 17.4 Å². The first-order valence-corrected chi connectivity index (χ1v) is 9.19. The van der Waals surface area contributed by atoms with Gasteiger partial charge in [0.15, 0.2) is 4.34 Å². The summed E-state index contributed by atoms with van der Waals surface area (Å²) in [7, 11) is 0. The lowest BCUT2D eigenvalue weighted by Gasteiger charge is -2.19. The summed E-state index contributed by atoms with van der Waals surface area (Å²) < 4.78 is 1.93. The van der Waals surface area contributed by atoms with Gasteiger partial charge >= 0.3 is 5.97 Å². The number of thiazole rings is 1. The summed E-state index contributed by atoms with van der Waals surface area (Å²) in [5, 5.41) is 9.09. The third-order valence-corrected chi connectivity index (χ3v) is 6.26. The Morgan fingerprint density at radius 2 is 2.24 bits per heavy atom. The average Bonchev–Trinajstić information content (AvgIpc) is 3.10. The van der Waals surface area contributed by atoms with E-state index in [9.17, 15) is 9.59 Å². The minimum atomic E-state index is -0.932. The Balaban J connectivity index is 1.64. The number of aromatic nitrogens is 1. The van der Waals surface area contributed by atoms with Gasteiger partial charge in [-0.1, -0.05) is 23.9 Å². The molecule has 1 amide bonds. The Bertz CT molecular complexity index is 655. The van der Waals surface area contributed by atoms with E-state index in [1.54, 1.807) is 11.3 Å². The fraction of sp³-hybridized carbons (Fsp3) is 0.308. The second-order valence-electron chi connectivity index (χ2n) is 4.45. The Morgan fingerprint density at radius 3 is 3.00 bits per heavy atom. The number of hydrogen-bond acceptors (Lipinski definition) is 6. The van der Waals surface area contributed by atoms with Crippen LogP contribution in [-0.4, -0.2) is 50.3 Å². The number of carbonyl (C=O) groups is 2. The number of amides is 1. The highest BCUT2D eigenvalue weighted by Crippen LogP contribution is 2.30. The number of fused-ring (bicyclic) bond motifs is 1. The van der Waals surface area contributed by atoms with Crippen molar-refractivity contribution in [3.63, 3.8) is 0 Å². The largest absolute Gasteiger partial charge is 0.480 e. The number of carboxylic acids is 1. The molecule has 1 aromatic carbocycles. The molecule has 1 unspecified atom stereocenters. The first kappa shape index (κ1) is 14.7. The van der Waals surface area contributed by atoms with E-state index < -0.39 is 12.0 Å². The second kappa shape index (κ2) is 6.25. The van der Waals surface area contributed by atoms with Crippen LogP contribution in [0.1, 0.15) is 0 Å². The van der Waals surface area contributed by atoms with Crippen LogP contribution in [0.2, 0.25) is 0 Å². The van der Waals surface area contributed by atoms with Crippen LogP contribution in [0.15, 0.2) is 28.6 Å². The maximum atomic E-state index is 12.2. The SMILES string of the molecule is O=C(O)C1CSCN1C(=O)CSc1nc2ccccc2s1. The summed E-state index contributed by atoms with van der Waals surface area (Å²) in [4.78, 5) is 29.1. The maximum absolute atomic E-state index is 12.2. The molecule has 21 heavy (non-hydrogen) atoms. The van der Waals surface area contributed by atoms with Crippen molar-refractivity contribution in [3.05, 3.63) is 24.3 Å². The topological polar surface area (TPSA) is 70.5 Å². The zero-order chi connectivity index (χ0) is 14.8. The van der Waals surface area contributed by atoms with Gasteiger partial charge in [0.25, 0.3) is 0 Å². The number of rotatable bonds is 4. The fourth-order valence-corrected chi connectivity index (χ4v) is 5.14. The van der Waals surface area contributed by atoms with E-state index in [1.807, 2.05) is 24.3 Å². The molecule has 0 spiro atoms. The number of nitrogens with zero attached hydrogens (tertiary/aromatic N) is 2. The van der Waals surface area contributed by atoms with Crippen molar-refractivity contribution >= 4 is 57.0 Å². The van der Waals surface area contributed by atoms with E-state index in [1.165, 1.54) is 28.4 Å². The molecule has 1 aromatic heterocycles. The third kappa shape index (κ3) is 3.17. The lowest BCUT2D eigenvalue weighted by Crippen LogP contribution is -2.42. The van der Waals surface area contributed by atoms with E-state index in [4.69, 9.17) is 5.11 Å². The molecule has 2 heterocycles. The quantitative estimate of drug-likeness (QED) is 0.862. The molecule has 110 valence electrons. The molecule has 1 aliphatic heterocycles. The van der Waals surface area contributed by atoms with Crippen molar-refractivity contribution in [2.45, 2.75) is 10.4 Å². The molecule has 0 saturated carbocycles. The van der Waals surface area contributed by atoms with Crippen LogP contribution >= 0.6 is 34.9 Å². The smallest absolute Gasteiger partial charge is 0.327 e. The van der Waals surface area contributed by atoms with E-state index in [0.717, 1.165) is 14.6 Å². The van der Waals surface area contributed by atoms with Crippen LogP contribution in [0, 0.1) is 0 Å². The van der Waals surface area contributed by atoms with Crippen LogP contribution in [0.4, 0.5) is 0 Å². The molecule has 1 saturated heterocycles. The fourth-order valence-electron chi connectivity index (χ4n) is 2.01. The molecular weight excluding hydrogens is 328 g/mol. The van der Waals surface area contributed by atoms with Crippen molar-refractivity contribution < 1.29 is 14.7 Å². The van der Waals surface area contributed by atoms with Gasteiger partial charge < -0.3 is 10.0 Å². The van der Waals surface area contributed by atoms with Gasteiger partial charge in [-0.15, -0.1) is 23.1 Å². The minimum absolute atomic E-state index is 0.142. The van der Waals surface area contributed by atoms with Gasteiger partial charge in [-0.2, -0.15) is 0 Å². The number of carboxylic acid groups (broad SMARTS) is 1. The van der Waals surface area contributed by atoms with Crippen molar-refractivity contribution in [1.82, 2.24) is 9.88 Å². The van der Waals surface area contributed by atoms with E-state index in [2.05, 4.69) is 4.98 Å². The molecule has 3 rings (SSSR count). The van der Waals surface area contributed by atoms with Gasteiger partial charge in [-0.3, -0.25) is 4.79 Å². The predicted octanol–water partition coefficient (Wildman–Crippen LogP) is 2.37. The standard InChI is InChI=1S/C13H12N2O3S3/c16-11(15-7-19-5-9(15)12(17)18)6-20-13-14-8-3-1-2-4-10(8)21-13/h1-4,9H,5-7H2,(H,17,18). The van der Waals surface area contributed by atoms with Gasteiger partial charge in [-0.25, -0.2) is 9.78 Å². The molecule has 2 aromatic rings. The van der Waals surface area contributed by atoms with Gasteiger partial charge in [0, 0.05) is 5.75 Å². The molecule has 1 fully saturated rings. The summed E-state index contributed by atoms with van der Waals surface area (Å²) >= 11 is 4.39. The molecule has 1 atom stereocenters. The van der Waals surface area contributed by atoms with Crippen LogP contribution in [-0.2, 0) is 9.59 Å². The number of aliphatic carboxylic acids is 1. The normalized spacial score (nSPS) is 18.3. The first-order valence-electron chi connectivity index (χ1n) is 6.23. The maximum Gasteiger partial charge on any atom is 0.327 e. The molecular formula is C13H12N2O3S3. The summed E-state index contributed by atoms with van der Waals surface area (Å²) in [6, 6.07) is 7.13. The summed E-state index contributed by atoms with van der Waals surface area (Å²) in [6.45, 7) is 0. The lowest BCUT2D eigenvalue weighted by atomic mass is 10.3. The molecule has 5 nitrogen and oxygen atoms in total. The van der Waals surface area contributed by atoms with Crippen LogP contribution in [0.3, 0.4) is 0 Å². The Hall–Kier alpha value is -1.25. The number of thioether (sulfide) groups is 2.